The summed E-state index contributed by atoms with van der Waals surface area (Å²) in [7, 11) is 0. The molecule has 3 N–H and O–H groups in total. The van der Waals surface area contributed by atoms with Crippen LogP contribution in [0, 0.1) is 6.92 Å². The number of nitrogens with zero attached hydrogens (tertiary/aromatic N) is 2. The Morgan fingerprint density at radius 2 is 2.10 bits per heavy atom. The van der Waals surface area contributed by atoms with Crippen molar-refractivity contribution in [3.05, 3.63) is 77.3 Å². The number of benzene rings is 1. The van der Waals surface area contributed by atoms with E-state index >= 15 is 0 Å². The topological polar surface area (TPSA) is 98.8 Å². The maximum atomic E-state index is 11.2. The zero-order chi connectivity index (χ0) is 21.3. The lowest BCUT2D eigenvalue weighted by Gasteiger charge is -2.25. The summed E-state index contributed by atoms with van der Waals surface area (Å²) in [4.78, 5) is 17.6. The summed E-state index contributed by atoms with van der Waals surface area (Å²) < 4.78 is 6.21. The number of β-amino-alcohol motifs (C(OH)–C–C–N with tert-alkyl or cyclic N) is 1. The van der Waals surface area contributed by atoms with Crippen LogP contribution in [-0.2, 0) is 0 Å². The van der Waals surface area contributed by atoms with Crippen molar-refractivity contribution in [2.45, 2.75) is 19.0 Å². The Balaban J connectivity index is 1.72. The number of hydrogen-bond acceptors (Lipinski definition) is 5. The van der Waals surface area contributed by atoms with Crippen LogP contribution in [0.15, 0.2) is 59.1 Å². The highest BCUT2D eigenvalue weighted by Gasteiger charge is 2.41. The smallest absolute Gasteiger partial charge is 0.335 e. The Kier molecular flexibility index (Phi) is 5.52. The summed E-state index contributed by atoms with van der Waals surface area (Å²) >= 11 is 5.50. The summed E-state index contributed by atoms with van der Waals surface area (Å²) in [5.41, 5.74) is 2.69. The monoisotopic (exact) mass is 423 g/mol. The predicted octanol–water partition coefficient (Wildman–Crippen LogP) is 3.31. The van der Waals surface area contributed by atoms with Crippen LogP contribution in [0.4, 0.5) is 0 Å². The first-order valence-corrected chi connectivity index (χ1v) is 9.93. The molecule has 1 saturated heterocycles. The van der Waals surface area contributed by atoms with Gasteiger partial charge in [0.25, 0.3) is 0 Å². The second-order valence-electron chi connectivity index (χ2n) is 7.08. The minimum absolute atomic E-state index is 0.0451. The lowest BCUT2D eigenvalue weighted by atomic mass is 10.0. The van der Waals surface area contributed by atoms with Crippen LogP contribution in [-0.4, -0.2) is 44.3 Å². The average Bonchev–Trinajstić information content (AvgIpc) is 3.34. The third kappa shape index (κ3) is 3.67. The van der Waals surface area contributed by atoms with Crippen molar-refractivity contribution in [2.24, 2.45) is 0 Å². The van der Waals surface area contributed by atoms with Crippen LogP contribution in [0.3, 0.4) is 0 Å². The highest BCUT2D eigenvalue weighted by Crippen LogP contribution is 2.40. The van der Waals surface area contributed by atoms with Gasteiger partial charge in [0, 0.05) is 18.3 Å². The highest BCUT2D eigenvalue weighted by molar-refractivity contribution is 7.80. The molecule has 1 aliphatic heterocycles. The first-order chi connectivity index (χ1) is 14.5. The maximum Gasteiger partial charge on any atom is 0.335 e. The molecule has 4 rings (SSSR count). The third-order valence-corrected chi connectivity index (χ3v) is 5.55. The number of aromatic carboxylic acids is 1. The Morgan fingerprint density at radius 1 is 1.27 bits per heavy atom. The first kappa shape index (κ1) is 20.1. The number of thiocarbonyl (C=S) groups is 1. The number of aliphatic hydroxyl groups excluding tert-OH is 1. The molecule has 1 aliphatic rings. The van der Waals surface area contributed by atoms with Gasteiger partial charge in [0.15, 0.2) is 5.11 Å². The Hall–Kier alpha value is -3.23. The number of carboxylic acids is 1. The molecule has 30 heavy (non-hydrogen) atoms. The van der Waals surface area contributed by atoms with E-state index < -0.39 is 5.97 Å². The fourth-order valence-corrected chi connectivity index (χ4v) is 4.12. The largest absolute Gasteiger partial charge is 0.478 e. The second kappa shape index (κ2) is 8.25. The lowest BCUT2D eigenvalue weighted by molar-refractivity contribution is 0.0696. The SMILES string of the molecule is Cc1cc(C(=O)O)ccc1-c1ccc([C@@H]2[C@@H](c3ccccn3)NC(=S)N2CCO)o1. The Labute approximate surface area is 179 Å². The minimum Gasteiger partial charge on any atom is -0.478 e. The zero-order valence-electron chi connectivity index (χ0n) is 16.3. The highest BCUT2D eigenvalue weighted by atomic mass is 32.1. The molecule has 2 aromatic heterocycles. The van der Waals surface area contributed by atoms with Gasteiger partial charge in [-0.2, -0.15) is 0 Å². The summed E-state index contributed by atoms with van der Waals surface area (Å²) in [6.45, 7) is 2.17. The first-order valence-electron chi connectivity index (χ1n) is 9.52. The van der Waals surface area contributed by atoms with Crippen LogP contribution in [0.2, 0.25) is 0 Å². The van der Waals surface area contributed by atoms with Gasteiger partial charge in [-0.15, -0.1) is 0 Å². The van der Waals surface area contributed by atoms with Gasteiger partial charge in [0.1, 0.15) is 17.6 Å². The fourth-order valence-electron chi connectivity index (χ4n) is 3.79. The lowest BCUT2D eigenvalue weighted by Crippen LogP contribution is -2.32. The number of carboxylic acid groups (broad SMARTS) is 1. The molecular weight excluding hydrogens is 402 g/mol. The molecule has 0 radical (unpaired) electrons. The molecule has 2 atom stereocenters. The number of furan rings is 1. The van der Waals surface area contributed by atoms with Crippen LogP contribution in [0.1, 0.15) is 39.5 Å². The number of pyridine rings is 1. The molecule has 0 spiro atoms. The van der Waals surface area contributed by atoms with Gasteiger partial charge in [-0.1, -0.05) is 12.1 Å². The van der Waals surface area contributed by atoms with Crippen molar-refractivity contribution < 1.29 is 19.4 Å². The van der Waals surface area contributed by atoms with E-state index in [-0.39, 0.29) is 24.3 Å². The van der Waals surface area contributed by atoms with Gasteiger partial charge in [-0.25, -0.2) is 4.79 Å². The number of aromatic nitrogens is 1. The van der Waals surface area contributed by atoms with Gasteiger partial charge in [0.05, 0.1) is 23.9 Å². The zero-order valence-corrected chi connectivity index (χ0v) is 17.1. The van der Waals surface area contributed by atoms with Crippen molar-refractivity contribution in [1.29, 1.82) is 0 Å². The van der Waals surface area contributed by atoms with E-state index in [0.29, 0.717) is 23.2 Å². The van der Waals surface area contributed by atoms with Crippen molar-refractivity contribution in [3.8, 4) is 11.3 Å². The van der Waals surface area contributed by atoms with Crippen molar-refractivity contribution in [3.63, 3.8) is 0 Å². The van der Waals surface area contributed by atoms with Crippen LogP contribution in [0.25, 0.3) is 11.3 Å². The molecule has 154 valence electrons. The van der Waals surface area contributed by atoms with E-state index in [0.717, 1.165) is 16.8 Å². The van der Waals surface area contributed by atoms with Crippen LogP contribution in [0.5, 0.6) is 0 Å². The second-order valence-corrected chi connectivity index (χ2v) is 7.47. The van der Waals surface area contributed by atoms with E-state index in [1.54, 1.807) is 24.4 Å². The predicted molar refractivity (Wildman–Crippen MR) is 115 cm³/mol. The molecule has 3 aromatic rings. The van der Waals surface area contributed by atoms with Crippen LogP contribution >= 0.6 is 12.2 Å². The van der Waals surface area contributed by atoms with E-state index in [9.17, 15) is 15.0 Å². The van der Waals surface area contributed by atoms with E-state index in [1.165, 1.54) is 0 Å². The molecule has 0 aliphatic carbocycles. The summed E-state index contributed by atoms with van der Waals surface area (Å²) in [6, 6.07) is 13.9. The Bertz CT molecular complexity index is 1080. The van der Waals surface area contributed by atoms with E-state index in [2.05, 4.69) is 10.3 Å². The van der Waals surface area contributed by atoms with Crippen molar-refractivity contribution in [2.75, 3.05) is 13.2 Å². The van der Waals surface area contributed by atoms with E-state index in [4.69, 9.17) is 16.6 Å². The minimum atomic E-state index is -0.965. The van der Waals surface area contributed by atoms with Crippen LogP contribution < -0.4 is 5.32 Å². The number of nitrogens with one attached hydrogen (secondary N) is 1. The molecule has 3 heterocycles. The molecular formula is C22H21N3O4S. The van der Waals surface area contributed by atoms with Gasteiger partial charge < -0.3 is 24.8 Å². The third-order valence-electron chi connectivity index (χ3n) is 5.20. The molecule has 0 amide bonds. The van der Waals surface area contributed by atoms with Gasteiger partial charge in [-0.05, 0) is 61.1 Å². The molecule has 7 nitrogen and oxygen atoms in total. The molecule has 0 saturated carbocycles. The number of carbonyl (C=O) groups is 1. The normalized spacial score (nSPS) is 18.5. The molecule has 8 heteroatoms. The molecule has 1 aromatic carbocycles. The summed E-state index contributed by atoms with van der Waals surface area (Å²) in [5.74, 6) is 0.359. The van der Waals surface area contributed by atoms with Gasteiger partial charge >= 0.3 is 5.97 Å². The number of hydrogen-bond donors (Lipinski definition) is 3. The quantitative estimate of drug-likeness (QED) is 0.520. The number of rotatable bonds is 6. The Morgan fingerprint density at radius 3 is 2.77 bits per heavy atom. The maximum absolute atomic E-state index is 11.2. The van der Waals surface area contributed by atoms with Crippen molar-refractivity contribution in [1.82, 2.24) is 15.2 Å². The summed E-state index contributed by atoms with van der Waals surface area (Å²) in [5, 5.41) is 22.5. The van der Waals surface area contributed by atoms with Crippen molar-refractivity contribution >= 4 is 23.3 Å². The molecule has 1 fully saturated rings. The standard InChI is InChI=1S/C22H21N3O4S/c1-13-12-14(21(27)28)5-6-15(13)17-7-8-18(29-17)20-19(16-4-2-3-9-23-16)24-22(30)25(20)10-11-26/h2-9,12,19-20,26H,10-11H2,1H3,(H,24,30)(H,27,28)/t19-,20-/m1/s1. The molecule has 0 unspecified atom stereocenters. The number of aryl methyl sites for hydroxylation is 1. The summed E-state index contributed by atoms with van der Waals surface area (Å²) in [6.07, 6.45) is 1.73. The average molecular weight is 423 g/mol. The molecule has 0 bridgehead atoms. The van der Waals surface area contributed by atoms with Gasteiger partial charge in [0.2, 0.25) is 0 Å². The van der Waals surface area contributed by atoms with Gasteiger partial charge in [-0.3, -0.25) is 4.98 Å². The number of aliphatic hydroxyl groups is 1. The van der Waals surface area contributed by atoms with E-state index in [1.807, 2.05) is 42.2 Å². The fraction of sp³-hybridized carbons (Fsp3) is 0.227.